The Hall–Kier alpha value is -2.82. The van der Waals surface area contributed by atoms with Crippen LogP contribution in [-0.2, 0) is 17.8 Å². The summed E-state index contributed by atoms with van der Waals surface area (Å²) in [6, 6.07) is 16.6. The van der Waals surface area contributed by atoms with Crippen molar-refractivity contribution < 1.29 is 9.53 Å². The molecule has 190 valence electrons. The number of unbranched alkanes of at least 4 members (excludes halogenated alkanes) is 1. The molecule has 1 N–H and O–H groups in total. The van der Waals surface area contributed by atoms with E-state index >= 15 is 0 Å². The number of aryl methyl sites for hydroxylation is 2. The number of fused-ring (bicyclic) bond motifs is 1. The number of imidazole rings is 1. The summed E-state index contributed by atoms with van der Waals surface area (Å²) in [7, 11) is 0. The van der Waals surface area contributed by atoms with Crippen LogP contribution in [0.5, 0.6) is 5.75 Å². The molecule has 4 saturated carbocycles. The lowest BCUT2D eigenvalue weighted by Crippen LogP contribution is -2.53. The Bertz CT molecular complexity index is 1190. The van der Waals surface area contributed by atoms with E-state index in [9.17, 15) is 4.79 Å². The Morgan fingerprint density at radius 1 is 1.00 bits per heavy atom. The number of nitrogens with one attached hydrogen (secondary N) is 1. The molecule has 4 fully saturated rings. The van der Waals surface area contributed by atoms with Crippen molar-refractivity contribution in [1.82, 2.24) is 14.9 Å². The molecule has 4 aliphatic carbocycles. The second kappa shape index (κ2) is 9.91. The summed E-state index contributed by atoms with van der Waals surface area (Å²) in [6.07, 6.45) is 10.2. The maximum Gasteiger partial charge on any atom is 0.226 e. The standard InChI is InChI=1S/C31H39N3O2/c1-22-8-2-5-11-28(22)36-15-7-6-14-34-27-10-4-3-9-26(27)33-29(34)12-13-32-30(35)31-19-23-16-24(20-31)18-25(17-23)21-31/h2-5,8-11,23-25H,6-7,12-21H2,1H3,(H,32,35). The van der Waals surface area contributed by atoms with Gasteiger partial charge in [-0.25, -0.2) is 4.98 Å². The van der Waals surface area contributed by atoms with E-state index in [-0.39, 0.29) is 5.41 Å². The number of aromatic nitrogens is 2. The molecule has 1 aromatic heterocycles. The van der Waals surface area contributed by atoms with Crippen molar-refractivity contribution in [2.24, 2.45) is 23.2 Å². The van der Waals surface area contributed by atoms with Gasteiger partial charge in [-0.2, -0.15) is 0 Å². The molecule has 3 aromatic rings. The van der Waals surface area contributed by atoms with E-state index in [1.54, 1.807) is 0 Å². The minimum Gasteiger partial charge on any atom is -0.493 e. The molecule has 1 heterocycles. The minimum absolute atomic E-state index is 0.0774. The fraction of sp³-hybridized carbons (Fsp3) is 0.548. The lowest BCUT2D eigenvalue weighted by atomic mass is 9.49. The molecule has 0 radical (unpaired) electrons. The number of hydrogen-bond donors (Lipinski definition) is 1. The van der Waals surface area contributed by atoms with Crippen molar-refractivity contribution in [3.8, 4) is 5.75 Å². The van der Waals surface area contributed by atoms with Crippen LogP contribution in [0.1, 0.15) is 62.8 Å². The highest BCUT2D eigenvalue weighted by atomic mass is 16.5. The van der Waals surface area contributed by atoms with Gasteiger partial charge in [-0.3, -0.25) is 4.79 Å². The number of nitrogens with zero attached hydrogens (tertiary/aromatic N) is 2. The number of hydrogen-bond acceptors (Lipinski definition) is 3. The molecule has 7 rings (SSSR count). The molecule has 4 bridgehead atoms. The number of para-hydroxylation sites is 3. The predicted molar refractivity (Wildman–Crippen MR) is 143 cm³/mol. The van der Waals surface area contributed by atoms with E-state index in [4.69, 9.17) is 9.72 Å². The van der Waals surface area contributed by atoms with Crippen LogP contribution in [0.3, 0.4) is 0 Å². The third-order valence-corrected chi connectivity index (χ3v) is 9.01. The number of carbonyl (C=O) groups is 1. The van der Waals surface area contributed by atoms with Crippen molar-refractivity contribution in [1.29, 1.82) is 0 Å². The summed E-state index contributed by atoms with van der Waals surface area (Å²) < 4.78 is 8.34. The van der Waals surface area contributed by atoms with Crippen LogP contribution < -0.4 is 10.1 Å². The summed E-state index contributed by atoms with van der Waals surface area (Å²) in [5.41, 5.74) is 3.32. The van der Waals surface area contributed by atoms with Crippen molar-refractivity contribution in [2.75, 3.05) is 13.2 Å². The monoisotopic (exact) mass is 485 g/mol. The molecule has 0 spiro atoms. The van der Waals surface area contributed by atoms with Crippen LogP contribution >= 0.6 is 0 Å². The van der Waals surface area contributed by atoms with E-state index in [2.05, 4.69) is 41.1 Å². The third-order valence-electron chi connectivity index (χ3n) is 9.01. The maximum atomic E-state index is 13.4. The van der Waals surface area contributed by atoms with Crippen LogP contribution in [0, 0.1) is 30.1 Å². The van der Waals surface area contributed by atoms with Crippen LogP contribution in [0.25, 0.3) is 11.0 Å². The topological polar surface area (TPSA) is 56.1 Å². The van der Waals surface area contributed by atoms with Gasteiger partial charge in [0.15, 0.2) is 0 Å². The summed E-state index contributed by atoms with van der Waals surface area (Å²) in [5.74, 6) is 4.74. The zero-order valence-corrected chi connectivity index (χ0v) is 21.5. The summed E-state index contributed by atoms with van der Waals surface area (Å²) in [5, 5.41) is 3.35. The highest BCUT2D eigenvalue weighted by Crippen LogP contribution is 2.60. The average Bonchev–Trinajstić information content (AvgIpc) is 3.21. The Morgan fingerprint density at radius 3 is 2.44 bits per heavy atom. The maximum absolute atomic E-state index is 13.4. The quantitative estimate of drug-likeness (QED) is 0.354. The Morgan fingerprint density at radius 2 is 1.69 bits per heavy atom. The normalized spacial score (nSPS) is 26.4. The van der Waals surface area contributed by atoms with E-state index < -0.39 is 0 Å². The summed E-state index contributed by atoms with van der Waals surface area (Å²) in [6.45, 7) is 4.38. The van der Waals surface area contributed by atoms with Crippen molar-refractivity contribution in [2.45, 2.75) is 71.3 Å². The smallest absolute Gasteiger partial charge is 0.226 e. The van der Waals surface area contributed by atoms with Gasteiger partial charge in [0.25, 0.3) is 0 Å². The number of benzene rings is 2. The molecule has 0 saturated heterocycles. The van der Waals surface area contributed by atoms with Crippen molar-refractivity contribution in [3.63, 3.8) is 0 Å². The molecule has 2 aromatic carbocycles. The van der Waals surface area contributed by atoms with Gasteiger partial charge in [-0.1, -0.05) is 30.3 Å². The lowest BCUT2D eigenvalue weighted by Gasteiger charge is -2.55. The molecule has 1 amide bonds. The van der Waals surface area contributed by atoms with Crippen LogP contribution in [0.2, 0.25) is 0 Å². The van der Waals surface area contributed by atoms with Gasteiger partial charge in [0, 0.05) is 24.9 Å². The number of rotatable bonds is 10. The summed E-state index contributed by atoms with van der Waals surface area (Å²) in [4.78, 5) is 18.3. The largest absolute Gasteiger partial charge is 0.493 e. The Labute approximate surface area is 214 Å². The van der Waals surface area contributed by atoms with Crippen LogP contribution in [0.4, 0.5) is 0 Å². The predicted octanol–water partition coefficient (Wildman–Crippen LogP) is 6.08. The zero-order valence-electron chi connectivity index (χ0n) is 21.5. The second-order valence-corrected chi connectivity index (χ2v) is 11.7. The first kappa shape index (κ1) is 23.6. The SMILES string of the molecule is Cc1ccccc1OCCCCn1c(CCNC(=O)C23CC4CC(CC(C4)C2)C3)nc2ccccc21. The van der Waals surface area contributed by atoms with E-state index in [0.29, 0.717) is 19.1 Å². The fourth-order valence-corrected chi connectivity index (χ4v) is 7.70. The molecule has 0 aliphatic heterocycles. The zero-order chi connectivity index (χ0) is 24.5. The number of ether oxygens (including phenoxy) is 1. The summed E-state index contributed by atoms with van der Waals surface area (Å²) >= 11 is 0. The van der Waals surface area contributed by atoms with E-state index in [1.165, 1.54) is 30.3 Å². The number of amides is 1. The van der Waals surface area contributed by atoms with E-state index in [1.807, 2.05) is 24.3 Å². The first-order valence-electron chi connectivity index (χ1n) is 14.0. The lowest BCUT2D eigenvalue weighted by molar-refractivity contribution is -0.146. The van der Waals surface area contributed by atoms with Crippen LogP contribution in [0.15, 0.2) is 48.5 Å². The highest BCUT2D eigenvalue weighted by molar-refractivity contribution is 5.83. The number of carbonyl (C=O) groups excluding carboxylic acids is 1. The fourth-order valence-electron chi connectivity index (χ4n) is 7.70. The molecule has 0 atom stereocenters. The Kier molecular flexibility index (Phi) is 6.49. The molecule has 0 unspecified atom stereocenters. The van der Waals surface area contributed by atoms with Gasteiger partial charge in [0.05, 0.1) is 17.6 Å². The molecule has 5 nitrogen and oxygen atoms in total. The molecular formula is C31H39N3O2. The first-order chi connectivity index (χ1) is 17.6. The highest BCUT2D eigenvalue weighted by Gasteiger charge is 2.54. The third kappa shape index (κ3) is 4.65. The Balaban J connectivity index is 1.05. The van der Waals surface area contributed by atoms with Gasteiger partial charge in [0.2, 0.25) is 5.91 Å². The minimum atomic E-state index is -0.0774. The first-order valence-corrected chi connectivity index (χ1v) is 14.0. The van der Waals surface area contributed by atoms with Gasteiger partial charge >= 0.3 is 0 Å². The van der Waals surface area contributed by atoms with Gasteiger partial charge in [-0.05, 0) is 99.8 Å². The van der Waals surface area contributed by atoms with Crippen molar-refractivity contribution >= 4 is 16.9 Å². The average molecular weight is 486 g/mol. The molecule has 4 aliphatic rings. The van der Waals surface area contributed by atoms with Gasteiger partial charge in [-0.15, -0.1) is 0 Å². The van der Waals surface area contributed by atoms with Gasteiger partial charge in [0.1, 0.15) is 11.6 Å². The van der Waals surface area contributed by atoms with Gasteiger partial charge < -0.3 is 14.6 Å². The molecular weight excluding hydrogens is 446 g/mol. The molecule has 36 heavy (non-hydrogen) atoms. The van der Waals surface area contributed by atoms with E-state index in [0.717, 1.165) is 79.9 Å². The molecule has 5 heteroatoms. The second-order valence-electron chi connectivity index (χ2n) is 11.7. The van der Waals surface area contributed by atoms with Crippen molar-refractivity contribution in [3.05, 3.63) is 59.9 Å². The van der Waals surface area contributed by atoms with Crippen LogP contribution in [-0.4, -0.2) is 28.6 Å².